The maximum Gasteiger partial charge on any atom is 0.0572 e. The van der Waals surface area contributed by atoms with Gasteiger partial charge in [-0.3, -0.25) is 0 Å². The molecule has 0 aliphatic carbocycles. The van der Waals surface area contributed by atoms with Gasteiger partial charge in [-0.15, -0.1) is 0 Å². The molecule has 0 unspecified atom stereocenters. The summed E-state index contributed by atoms with van der Waals surface area (Å²) in [5.74, 6) is 2.10. The van der Waals surface area contributed by atoms with Crippen LogP contribution in [0, 0.1) is 17.8 Å². The van der Waals surface area contributed by atoms with E-state index in [1.807, 2.05) is 0 Å². The molecule has 0 saturated carbocycles. The minimum absolute atomic E-state index is 0.285. The van der Waals surface area contributed by atoms with Gasteiger partial charge in [0.25, 0.3) is 0 Å². The van der Waals surface area contributed by atoms with E-state index < -0.39 is 0 Å². The maximum atomic E-state index is 2.65. The van der Waals surface area contributed by atoms with Crippen LogP contribution in [0.4, 0.5) is 34.1 Å². The van der Waals surface area contributed by atoms with E-state index >= 15 is 0 Å². The molecule has 10 aromatic rings. The van der Waals surface area contributed by atoms with Crippen molar-refractivity contribution in [3.8, 4) is 0 Å². The van der Waals surface area contributed by atoms with Crippen LogP contribution in [0.15, 0.2) is 158 Å². The molecule has 10 rings (SSSR count). The van der Waals surface area contributed by atoms with Crippen molar-refractivity contribution in [3.05, 3.63) is 191 Å². The fourth-order valence-corrected chi connectivity index (χ4v) is 11.8. The number of aryl methyl sites for hydroxylation is 1. The number of nitrogens with zero attached hydrogens (tertiary/aromatic N) is 2. The Morgan fingerprint density at radius 1 is 0.366 bits per heavy atom. The standard InChI is InChI=1S/C69H74N2/c1-12-19-48-24-26-50-28-30-52(37-44(4)5)68(62(50)39-48)70(54-20-15-13-16-21-54)64-41-60(46(8)9)56-33-35-59-65(42-61(47(10)11)57-32-34-58(64)66(56)67(57)59)71(55-22-17-14-18-23-55)69-53(38-45(6)7)31-29-51-27-25-49(36-43(2)3)40-63(51)69/h13-18,20-35,39-47H,12,19,36-38H2,1-11H3. The van der Waals surface area contributed by atoms with Crippen molar-refractivity contribution in [2.75, 3.05) is 9.80 Å². The number of rotatable bonds is 16. The van der Waals surface area contributed by atoms with E-state index in [1.165, 1.54) is 121 Å². The van der Waals surface area contributed by atoms with Gasteiger partial charge in [0.05, 0.1) is 22.7 Å². The lowest BCUT2D eigenvalue weighted by atomic mass is 9.83. The summed E-state index contributed by atoms with van der Waals surface area (Å²) >= 11 is 0. The molecule has 0 aliphatic rings. The topological polar surface area (TPSA) is 6.48 Å². The maximum absolute atomic E-state index is 2.65. The average molecular weight is 931 g/mol. The van der Waals surface area contributed by atoms with Gasteiger partial charge >= 0.3 is 0 Å². The van der Waals surface area contributed by atoms with Gasteiger partial charge in [0, 0.05) is 32.9 Å². The summed E-state index contributed by atoms with van der Waals surface area (Å²) < 4.78 is 0. The van der Waals surface area contributed by atoms with Gasteiger partial charge in [0.2, 0.25) is 0 Å². The van der Waals surface area contributed by atoms with Crippen molar-refractivity contribution >= 4 is 88.0 Å². The number of benzene rings is 10. The molecule has 0 amide bonds. The largest absolute Gasteiger partial charge is 0.309 e. The molecule has 0 spiro atoms. The lowest BCUT2D eigenvalue weighted by Crippen LogP contribution is -2.16. The third-order valence-corrected chi connectivity index (χ3v) is 14.8. The smallest absolute Gasteiger partial charge is 0.0572 e. The van der Waals surface area contributed by atoms with Crippen molar-refractivity contribution in [1.82, 2.24) is 0 Å². The molecule has 360 valence electrons. The SMILES string of the molecule is CCCc1ccc2ccc(CC(C)C)c(N(c3ccccc3)c3cc(C(C)C)c4ccc5c(N(c6ccccc6)c6c(CC(C)C)ccc7ccc(CC(C)C)cc67)cc(C(C)C)c6ccc3c4c65)c2c1. The minimum Gasteiger partial charge on any atom is -0.309 e. The van der Waals surface area contributed by atoms with Gasteiger partial charge < -0.3 is 9.80 Å². The predicted octanol–water partition coefficient (Wildman–Crippen LogP) is 20.6. The lowest BCUT2D eigenvalue weighted by molar-refractivity contribution is 0.647. The molecule has 10 aromatic carbocycles. The van der Waals surface area contributed by atoms with Crippen molar-refractivity contribution in [1.29, 1.82) is 0 Å². The van der Waals surface area contributed by atoms with E-state index in [9.17, 15) is 0 Å². The van der Waals surface area contributed by atoms with Crippen LogP contribution < -0.4 is 9.80 Å². The van der Waals surface area contributed by atoms with Gasteiger partial charge in [0.15, 0.2) is 0 Å². The monoisotopic (exact) mass is 931 g/mol. The summed E-state index contributed by atoms with van der Waals surface area (Å²) in [5, 5.41) is 13.2. The molecule has 0 saturated heterocycles. The zero-order valence-corrected chi connectivity index (χ0v) is 44.3. The summed E-state index contributed by atoms with van der Waals surface area (Å²) in [6, 6.07) is 61.4. The molecule has 0 heterocycles. The van der Waals surface area contributed by atoms with Gasteiger partial charge in [-0.25, -0.2) is 0 Å². The lowest BCUT2D eigenvalue weighted by Gasteiger charge is -2.34. The Kier molecular flexibility index (Phi) is 13.4. The Hall–Kier alpha value is -6.64. The molecule has 0 N–H and O–H groups in total. The van der Waals surface area contributed by atoms with E-state index in [2.05, 4.69) is 244 Å². The molecule has 0 atom stereocenters. The summed E-state index contributed by atoms with van der Waals surface area (Å²) in [5.41, 5.74) is 15.7. The zero-order chi connectivity index (χ0) is 49.7. The van der Waals surface area contributed by atoms with E-state index in [4.69, 9.17) is 0 Å². The van der Waals surface area contributed by atoms with Gasteiger partial charge in [-0.2, -0.15) is 0 Å². The van der Waals surface area contributed by atoms with Crippen LogP contribution in [-0.2, 0) is 25.7 Å². The number of hydrogen-bond acceptors (Lipinski definition) is 2. The number of para-hydroxylation sites is 2. The van der Waals surface area contributed by atoms with Crippen molar-refractivity contribution < 1.29 is 0 Å². The Balaban J connectivity index is 1.36. The fourth-order valence-electron chi connectivity index (χ4n) is 11.8. The first-order chi connectivity index (χ1) is 34.3. The van der Waals surface area contributed by atoms with E-state index in [0.29, 0.717) is 17.8 Å². The third-order valence-electron chi connectivity index (χ3n) is 14.8. The van der Waals surface area contributed by atoms with E-state index in [0.717, 1.165) is 32.1 Å². The second-order valence-electron chi connectivity index (χ2n) is 22.5. The zero-order valence-electron chi connectivity index (χ0n) is 44.3. The summed E-state index contributed by atoms with van der Waals surface area (Å²) in [6.45, 7) is 25.9. The fraction of sp³-hybridized carbons (Fsp3) is 0.304. The second-order valence-corrected chi connectivity index (χ2v) is 22.5. The number of hydrogen-bond donors (Lipinski definition) is 0. The van der Waals surface area contributed by atoms with Crippen LogP contribution in [-0.4, -0.2) is 0 Å². The summed E-state index contributed by atoms with van der Waals surface area (Å²) in [7, 11) is 0. The molecule has 0 aromatic heterocycles. The molecule has 71 heavy (non-hydrogen) atoms. The Labute approximate surface area is 424 Å². The van der Waals surface area contributed by atoms with Crippen molar-refractivity contribution in [2.24, 2.45) is 17.8 Å². The van der Waals surface area contributed by atoms with Crippen LogP contribution in [0.1, 0.15) is 128 Å². The van der Waals surface area contributed by atoms with Crippen molar-refractivity contribution in [3.63, 3.8) is 0 Å². The molecular weight excluding hydrogens is 857 g/mol. The molecule has 0 fully saturated rings. The molecular formula is C69H74N2. The summed E-state index contributed by atoms with van der Waals surface area (Å²) in [4.78, 5) is 5.30. The number of anilines is 6. The average Bonchev–Trinajstić information content (AvgIpc) is 3.35. The highest BCUT2D eigenvalue weighted by Crippen LogP contribution is 2.53. The molecule has 2 heteroatoms. The normalized spacial score (nSPS) is 12.2. The van der Waals surface area contributed by atoms with Gasteiger partial charge in [0.1, 0.15) is 0 Å². The quantitative estimate of drug-likeness (QED) is 0.0891. The van der Waals surface area contributed by atoms with Crippen molar-refractivity contribution in [2.45, 2.75) is 120 Å². The first-order valence-corrected chi connectivity index (χ1v) is 26.9. The summed E-state index contributed by atoms with van der Waals surface area (Å²) in [6.07, 6.45) is 5.18. The highest BCUT2D eigenvalue weighted by atomic mass is 15.2. The minimum atomic E-state index is 0.285. The highest BCUT2D eigenvalue weighted by molar-refractivity contribution is 6.30. The highest BCUT2D eigenvalue weighted by Gasteiger charge is 2.29. The van der Waals surface area contributed by atoms with Gasteiger partial charge in [-0.1, -0.05) is 192 Å². The van der Waals surface area contributed by atoms with Crippen LogP contribution in [0.25, 0.3) is 53.9 Å². The third kappa shape index (κ3) is 9.05. The Morgan fingerprint density at radius 3 is 1.17 bits per heavy atom. The molecule has 2 nitrogen and oxygen atoms in total. The second kappa shape index (κ2) is 19.9. The Morgan fingerprint density at radius 2 is 0.761 bits per heavy atom. The molecule has 0 bridgehead atoms. The first kappa shape index (κ1) is 48.0. The van der Waals surface area contributed by atoms with E-state index in [1.54, 1.807) is 0 Å². The Bertz CT molecular complexity index is 3500. The van der Waals surface area contributed by atoms with Crippen LogP contribution in [0.5, 0.6) is 0 Å². The number of fused-ring (bicyclic) bond motifs is 2. The first-order valence-electron chi connectivity index (χ1n) is 26.9. The van der Waals surface area contributed by atoms with Gasteiger partial charge in [-0.05, 0) is 170 Å². The van der Waals surface area contributed by atoms with Crippen LogP contribution >= 0.6 is 0 Å². The molecule has 0 radical (unpaired) electrons. The predicted molar refractivity (Wildman–Crippen MR) is 312 cm³/mol. The molecule has 0 aliphatic heterocycles. The van der Waals surface area contributed by atoms with Crippen LogP contribution in [0.2, 0.25) is 0 Å². The van der Waals surface area contributed by atoms with E-state index in [-0.39, 0.29) is 11.8 Å². The van der Waals surface area contributed by atoms with Crippen LogP contribution in [0.3, 0.4) is 0 Å².